The van der Waals surface area contributed by atoms with E-state index in [0.29, 0.717) is 12.0 Å². The van der Waals surface area contributed by atoms with Gasteiger partial charge < -0.3 is 5.32 Å². The molecule has 0 aromatic heterocycles. The van der Waals surface area contributed by atoms with Gasteiger partial charge in [0.2, 0.25) is 0 Å². The van der Waals surface area contributed by atoms with Crippen LogP contribution < -0.4 is 10.8 Å². The first-order chi connectivity index (χ1) is 14.6. The Morgan fingerprint density at radius 1 is 0.967 bits per heavy atom. The van der Waals surface area contributed by atoms with Crippen molar-refractivity contribution in [3.8, 4) is 11.1 Å². The van der Waals surface area contributed by atoms with Crippen molar-refractivity contribution >= 4 is 23.6 Å². The van der Waals surface area contributed by atoms with Gasteiger partial charge in [0.1, 0.15) is 0 Å². The van der Waals surface area contributed by atoms with E-state index in [2.05, 4.69) is 29.6 Å². The molecule has 5 heteroatoms. The minimum absolute atomic E-state index is 0.499. The first-order valence-electron chi connectivity index (χ1n) is 9.93. The molecule has 4 rings (SSSR count). The predicted molar refractivity (Wildman–Crippen MR) is 120 cm³/mol. The average molecular weight is 419 g/mol. The minimum Gasteiger partial charge on any atom is -0.309 e. The van der Waals surface area contributed by atoms with Gasteiger partial charge in [-0.25, -0.2) is 5.48 Å². The molecule has 3 N–H and O–H groups in total. The van der Waals surface area contributed by atoms with Gasteiger partial charge in [0.25, 0.3) is 5.91 Å². The van der Waals surface area contributed by atoms with Crippen molar-refractivity contribution in [1.29, 1.82) is 0 Å². The zero-order chi connectivity index (χ0) is 20.9. The normalized spacial score (nSPS) is 17.8. The molecule has 1 amide bonds. The zero-order valence-corrected chi connectivity index (χ0v) is 17.1. The minimum atomic E-state index is -0.540. The molecule has 2 unspecified atom stereocenters. The summed E-state index contributed by atoms with van der Waals surface area (Å²) >= 11 is 5.97. The van der Waals surface area contributed by atoms with Gasteiger partial charge in [-0.1, -0.05) is 72.3 Å². The summed E-state index contributed by atoms with van der Waals surface area (Å²) < 4.78 is 0. The molecule has 0 heterocycles. The molecule has 3 aromatic rings. The number of hydroxylamine groups is 1. The van der Waals surface area contributed by atoms with Gasteiger partial charge in [-0.2, -0.15) is 0 Å². The largest absolute Gasteiger partial charge is 0.309 e. The van der Waals surface area contributed by atoms with Crippen molar-refractivity contribution in [3.63, 3.8) is 0 Å². The number of carbonyl (C=O) groups is 1. The van der Waals surface area contributed by atoms with Crippen molar-refractivity contribution in [2.45, 2.75) is 24.9 Å². The van der Waals surface area contributed by atoms with Crippen molar-refractivity contribution in [2.75, 3.05) is 0 Å². The third-order valence-electron chi connectivity index (χ3n) is 5.39. The van der Waals surface area contributed by atoms with Crippen LogP contribution in [0.25, 0.3) is 17.2 Å². The van der Waals surface area contributed by atoms with Crippen LogP contribution >= 0.6 is 11.6 Å². The summed E-state index contributed by atoms with van der Waals surface area (Å²) in [6.07, 6.45) is 4.10. The Morgan fingerprint density at radius 3 is 2.23 bits per heavy atom. The summed E-state index contributed by atoms with van der Waals surface area (Å²) in [6.45, 7) is 0.811. The summed E-state index contributed by atoms with van der Waals surface area (Å²) in [4.78, 5) is 11.0. The second-order valence-corrected chi connectivity index (χ2v) is 7.95. The average Bonchev–Trinajstić information content (AvgIpc) is 3.57. The molecule has 4 nitrogen and oxygen atoms in total. The summed E-state index contributed by atoms with van der Waals surface area (Å²) in [5.41, 5.74) is 7.42. The van der Waals surface area contributed by atoms with E-state index in [4.69, 9.17) is 16.8 Å². The lowest BCUT2D eigenvalue weighted by molar-refractivity contribution is -0.124. The molecular formula is C25H23ClN2O2. The van der Waals surface area contributed by atoms with E-state index >= 15 is 0 Å². The van der Waals surface area contributed by atoms with E-state index in [-0.39, 0.29) is 0 Å². The molecule has 0 bridgehead atoms. The SMILES string of the molecule is O=C(/C=C/c1ccc(CNC2CC2c2ccc(-c3ccc(Cl)cc3)cc2)cc1)NO. The highest BCUT2D eigenvalue weighted by atomic mass is 35.5. The maximum atomic E-state index is 11.0. The summed E-state index contributed by atoms with van der Waals surface area (Å²) in [7, 11) is 0. The van der Waals surface area contributed by atoms with Gasteiger partial charge in [-0.05, 0) is 52.4 Å². The van der Waals surface area contributed by atoms with E-state index in [1.165, 1.54) is 28.3 Å². The molecule has 3 aromatic carbocycles. The molecule has 30 heavy (non-hydrogen) atoms. The maximum absolute atomic E-state index is 11.0. The van der Waals surface area contributed by atoms with Crippen LogP contribution in [0.5, 0.6) is 0 Å². The smallest absolute Gasteiger partial charge is 0.267 e. The Labute approximate surface area is 181 Å². The molecule has 1 aliphatic carbocycles. The highest BCUT2D eigenvalue weighted by Crippen LogP contribution is 2.41. The van der Waals surface area contributed by atoms with Gasteiger partial charge >= 0.3 is 0 Å². The predicted octanol–water partition coefficient (Wildman–Crippen LogP) is 5.17. The van der Waals surface area contributed by atoms with Crippen LogP contribution in [0.1, 0.15) is 29.0 Å². The fourth-order valence-electron chi connectivity index (χ4n) is 3.56. The van der Waals surface area contributed by atoms with Gasteiger partial charge in [-0.15, -0.1) is 0 Å². The number of halogens is 1. The van der Waals surface area contributed by atoms with Crippen molar-refractivity contribution < 1.29 is 10.0 Å². The van der Waals surface area contributed by atoms with E-state index in [1.54, 1.807) is 11.6 Å². The molecule has 0 saturated heterocycles. The van der Waals surface area contributed by atoms with Gasteiger partial charge in [0.15, 0.2) is 0 Å². The summed E-state index contributed by atoms with van der Waals surface area (Å²) in [5.74, 6) is 0.0187. The van der Waals surface area contributed by atoms with Crippen LogP contribution in [0.15, 0.2) is 78.9 Å². The lowest BCUT2D eigenvalue weighted by atomic mass is 10.0. The fraction of sp³-hybridized carbons (Fsp3) is 0.160. The third-order valence-corrected chi connectivity index (χ3v) is 5.64. The topological polar surface area (TPSA) is 61.4 Å². The summed E-state index contributed by atoms with van der Waals surface area (Å²) in [6, 6.07) is 25.2. The summed E-state index contributed by atoms with van der Waals surface area (Å²) in [5, 5.41) is 12.9. The Bertz CT molecular complexity index is 1030. The van der Waals surface area contributed by atoms with E-state index < -0.39 is 5.91 Å². The number of rotatable bonds is 7. The molecule has 1 fully saturated rings. The third kappa shape index (κ3) is 5.16. The second-order valence-electron chi connectivity index (χ2n) is 7.51. The molecule has 1 aliphatic rings. The lowest BCUT2D eigenvalue weighted by Crippen LogP contribution is -2.17. The number of hydrogen-bond acceptors (Lipinski definition) is 3. The van der Waals surface area contributed by atoms with Crippen LogP contribution in [0, 0.1) is 0 Å². The quantitative estimate of drug-likeness (QED) is 0.282. The van der Waals surface area contributed by atoms with E-state index in [9.17, 15) is 4.79 Å². The van der Waals surface area contributed by atoms with Gasteiger partial charge in [0.05, 0.1) is 0 Å². The standard InChI is InChI=1S/C25H23ClN2O2/c26-22-12-10-20(11-13-22)19-6-8-21(9-7-19)23-15-24(23)27-16-18-3-1-17(2-4-18)5-14-25(29)28-30/h1-14,23-24,27,30H,15-16H2,(H,28,29)/b14-5+. The van der Waals surface area contributed by atoms with Gasteiger partial charge in [0, 0.05) is 29.6 Å². The molecule has 152 valence electrons. The number of hydrogen-bond donors (Lipinski definition) is 3. The Kier molecular flexibility index (Phi) is 6.29. The van der Waals surface area contributed by atoms with E-state index in [0.717, 1.165) is 23.6 Å². The molecule has 0 radical (unpaired) electrons. The zero-order valence-electron chi connectivity index (χ0n) is 16.4. The molecule has 0 aliphatic heterocycles. The monoisotopic (exact) mass is 418 g/mol. The molecule has 0 spiro atoms. The lowest BCUT2D eigenvalue weighted by Gasteiger charge is -2.07. The Balaban J connectivity index is 1.28. The fourth-order valence-corrected chi connectivity index (χ4v) is 3.68. The number of benzene rings is 3. The van der Waals surface area contributed by atoms with Crippen LogP contribution in [-0.2, 0) is 11.3 Å². The number of amides is 1. The number of carbonyl (C=O) groups excluding carboxylic acids is 1. The molecule has 2 atom stereocenters. The highest BCUT2D eigenvalue weighted by Gasteiger charge is 2.37. The Hall–Kier alpha value is -2.92. The van der Waals surface area contributed by atoms with Crippen LogP contribution in [0.3, 0.4) is 0 Å². The molecular weight excluding hydrogens is 396 g/mol. The Morgan fingerprint density at radius 2 is 1.60 bits per heavy atom. The van der Waals surface area contributed by atoms with Crippen molar-refractivity contribution in [2.24, 2.45) is 0 Å². The van der Waals surface area contributed by atoms with Crippen LogP contribution in [-0.4, -0.2) is 17.2 Å². The van der Waals surface area contributed by atoms with Crippen molar-refractivity contribution in [1.82, 2.24) is 10.8 Å². The number of nitrogens with one attached hydrogen (secondary N) is 2. The first-order valence-corrected chi connectivity index (χ1v) is 10.3. The van der Waals surface area contributed by atoms with E-state index in [1.807, 2.05) is 48.5 Å². The van der Waals surface area contributed by atoms with Crippen LogP contribution in [0.4, 0.5) is 0 Å². The second kappa shape index (κ2) is 9.26. The molecule has 1 saturated carbocycles. The highest BCUT2D eigenvalue weighted by molar-refractivity contribution is 6.30. The maximum Gasteiger partial charge on any atom is 0.267 e. The van der Waals surface area contributed by atoms with Crippen molar-refractivity contribution in [3.05, 3.63) is 101 Å². The first kappa shape index (κ1) is 20.4. The van der Waals surface area contributed by atoms with Gasteiger partial charge in [-0.3, -0.25) is 10.0 Å². The van der Waals surface area contributed by atoms with Crippen LogP contribution in [0.2, 0.25) is 5.02 Å².